The number of carbonyl (C=O) groups excluding carboxylic acids is 1. The summed E-state index contributed by atoms with van der Waals surface area (Å²) < 4.78 is 20.4. The first-order valence-electron chi connectivity index (χ1n) is 12.0. The molecule has 0 radical (unpaired) electrons. The SMILES string of the molecule is O=C(NCc1ccc(F)cc1)c1cccc(Nc2c(Oc3ccccc3)cnn(-c3ccc(Cl)cc3)c2=O)c1. The van der Waals surface area contributed by atoms with Gasteiger partial charge in [-0.15, -0.1) is 0 Å². The van der Waals surface area contributed by atoms with E-state index < -0.39 is 5.56 Å². The van der Waals surface area contributed by atoms with E-state index in [2.05, 4.69) is 15.7 Å². The number of anilines is 2. The summed E-state index contributed by atoms with van der Waals surface area (Å²) in [5, 5.41) is 10.7. The molecule has 39 heavy (non-hydrogen) atoms. The maximum Gasteiger partial charge on any atom is 0.299 e. The van der Waals surface area contributed by atoms with Crippen molar-refractivity contribution in [3.8, 4) is 17.2 Å². The maximum absolute atomic E-state index is 13.6. The second-order valence-corrected chi connectivity index (χ2v) is 8.94. The summed E-state index contributed by atoms with van der Waals surface area (Å²) >= 11 is 6.01. The Labute approximate surface area is 228 Å². The third kappa shape index (κ3) is 6.31. The lowest BCUT2D eigenvalue weighted by molar-refractivity contribution is 0.0951. The van der Waals surface area contributed by atoms with Crippen LogP contribution in [0.1, 0.15) is 15.9 Å². The molecule has 1 aromatic heterocycles. The van der Waals surface area contributed by atoms with Gasteiger partial charge in [0.2, 0.25) is 0 Å². The molecule has 0 aliphatic rings. The minimum atomic E-state index is -0.461. The molecule has 0 bridgehead atoms. The van der Waals surface area contributed by atoms with E-state index in [4.69, 9.17) is 16.3 Å². The van der Waals surface area contributed by atoms with Gasteiger partial charge in [-0.2, -0.15) is 9.78 Å². The third-order valence-corrected chi connectivity index (χ3v) is 6.00. The number of hydrogen-bond acceptors (Lipinski definition) is 5. The molecular formula is C30H22ClFN4O3. The highest BCUT2D eigenvalue weighted by molar-refractivity contribution is 6.30. The fourth-order valence-corrected chi connectivity index (χ4v) is 3.91. The molecule has 5 aromatic rings. The number of amides is 1. The molecule has 1 heterocycles. The molecule has 4 aromatic carbocycles. The van der Waals surface area contributed by atoms with Crippen molar-refractivity contribution in [2.45, 2.75) is 6.54 Å². The highest BCUT2D eigenvalue weighted by Crippen LogP contribution is 2.29. The molecule has 7 nitrogen and oxygen atoms in total. The highest BCUT2D eigenvalue weighted by atomic mass is 35.5. The Balaban J connectivity index is 1.44. The van der Waals surface area contributed by atoms with Gasteiger partial charge in [-0.1, -0.05) is 48.0 Å². The maximum atomic E-state index is 13.6. The molecule has 0 saturated carbocycles. The van der Waals surface area contributed by atoms with E-state index in [1.807, 2.05) is 18.2 Å². The fourth-order valence-electron chi connectivity index (χ4n) is 3.78. The topological polar surface area (TPSA) is 85.2 Å². The van der Waals surface area contributed by atoms with Crippen LogP contribution in [0.25, 0.3) is 5.69 Å². The van der Waals surface area contributed by atoms with Crippen LogP contribution in [0, 0.1) is 5.82 Å². The monoisotopic (exact) mass is 540 g/mol. The summed E-state index contributed by atoms with van der Waals surface area (Å²) in [5.74, 6) is 0.0743. The second kappa shape index (κ2) is 11.6. The van der Waals surface area contributed by atoms with Gasteiger partial charge in [0.1, 0.15) is 11.6 Å². The standard InChI is InChI=1S/C30H22ClFN4O3/c31-22-11-15-25(16-12-22)36-30(38)28(27(19-34-36)39-26-7-2-1-3-8-26)35-24-6-4-5-21(17-24)29(37)33-18-20-9-13-23(32)14-10-20/h1-17,19,35H,18H2,(H,33,37). The number of hydrogen-bond donors (Lipinski definition) is 2. The number of benzene rings is 4. The second-order valence-electron chi connectivity index (χ2n) is 8.51. The first-order valence-corrected chi connectivity index (χ1v) is 12.3. The number of halogens is 2. The molecule has 0 atom stereocenters. The minimum Gasteiger partial charge on any atom is -0.453 e. The summed E-state index contributed by atoms with van der Waals surface area (Å²) in [5.41, 5.74) is 1.83. The van der Waals surface area contributed by atoms with Gasteiger partial charge in [0.05, 0.1) is 11.9 Å². The van der Waals surface area contributed by atoms with Crippen molar-refractivity contribution in [2.24, 2.45) is 0 Å². The van der Waals surface area contributed by atoms with Gasteiger partial charge < -0.3 is 15.4 Å². The van der Waals surface area contributed by atoms with E-state index in [0.29, 0.717) is 27.7 Å². The summed E-state index contributed by atoms with van der Waals surface area (Å²) in [6.07, 6.45) is 1.45. The van der Waals surface area contributed by atoms with E-state index in [1.54, 1.807) is 72.8 Å². The van der Waals surface area contributed by atoms with Crippen molar-refractivity contribution in [2.75, 3.05) is 5.32 Å². The molecule has 2 N–H and O–H groups in total. The van der Waals surface area contributed by atoms with Gasteiger partial charge in [0, 0.05) is 22.8 Å². The average Bonchev–Trinajstić information content (AvgIpc) is 2.96. The Hall–Kier alpha value is -4.95. The Bertz CT molecular complexity index is 1660. The van der Waals surface area contributed by atoms with Crippen molar-refractivity contribution in [1.82, 2.24) is 15.1 Å². The van der Waals surface area contributed by atoms with Gasteiger partial charge in [0.15, 0.2) is 11.4 Å². The molecule has 0 unspecified atom stereocenters. The predicted molar refractivity (Wildman–Crippen MR) is 149 cm³/mol. The largest absolute Gasteiger partial charge is 0.453 e. The number of rotatable bonds is 8. The van der Waals surface area contributed by atoms with E-state index >= 15 is 0 Å². The van der Waals surface area contributed by atoms with Crippen molar-refractivity contribution >= 4 is 28.9 Å². The number of aromatic nitrogens is 2. The predicted octanol–water partition coefficient (Wildman–Crippen LogP) is 6.49. The number of nitrogens with one attached hydrogen (secondary N) is 2. The first kappa shape index (κ1) is 25.7. The van der Waals surface area contributed by atoms with Gasteiger partial charge in [-0.05, 0) is 72.3 Å². The fraction of sp³-hybridized carbons (Fsp3) is 0.0333. The molecular weight excluding hydrogens is 519 g/mol. The zero-order valence-electron chi connectivity index (χ0n) is 20.5. The summed E-state index contributed by atoms with van der Waals surface area (Å²) in [4.78, 5) is 26.4. The number of para-hydroxylation sites is 1. The molecule has 0 fully saturated rings. The van der Waals surface area contributed by atoms with Crippen LogP contribution in [0.5, 0.6) is 11.5 Å². The summed E-state index contributed by atoms with van der Waals surface area (Å²) in [6, 6.07) is 28.3. The molecule has 0 spiro atoms. The smallest absolute Gasteiger partial charge is 0.299 e. The Kier molecular flexibility index (Phi) is 7.65. The lowest BCUT2D eigenvalue weighted by atomic mass is 10.1. The molecule has 0 saturated heterocycles. The van der Waals surface area contributed by atoms with E-state index in [9.17, 15) is 14.0 Å². The summed E-state index contributed by atoms with van der Waals surface area (Å²) in [7, 11) is 0. The molecule has 0 aliphatic carbocycles. The van der Waals surface area contributed by atoms with Crippen LogP contribution in [0.4, 0.5) is 15.8 Å². The minimum absolute atomic E-state index is 0.132. The van der Waals surface area contributed by atoms with Crippen LogP contribution in [0.15, 0.2) is 114 Å². The molecule has 9 heteroatoms. The lowest BCUT2D eigenvalue weighted by Gasteiger charge is -2.15. The third-order valence-electron chi connectivity index (χ3n) is 5.75. The lowest BCUT2D eigenvalue weighted by Crippen LogP contribution is -2.24. The molecule has 0 aliphatic heterocycles. The zero-order valence-corrected chi connectivity index (χ0v) is 21.2. The quantitative estimate of drug-likeness (QED) is 0.235. The van der Waals surface area contributed by atoms with Crippen molar-refractivity contribution < 1.29 is 13.9 Å². The highest BCUT2D eigenvalue weighted by Gasteiger charge is 2.16. The Morgan fingerprint density at radius 1 is 0.923 bits per heavy atom. The Morgan fingerprint density at radius 2 is 1.67 bits per heavy atom. The summed E-state index contributed by atoms with van der Waals surface area (Å²) in [6.45, 7) is 0.238. The van der Waals surface area contributed by atoms with Crippen molar-refractivity contribution in [1.29, 1.82) is 0 Å². The van der Waals surface area contributed by atoms with Gasteiger partial charge in [-0.3, -0.25) is 9.59 Å². The van der Waals surface area contributed by atoms with Gasteiger partial charge in [0.25, 0.3) is 11.5 Å². The van der Waals surface area contributed by atoms with Crippen LogP contribution < -0.4 is 20.9 Å². The Morgan fingerprint density at radius 3 is 2.41 bits per heavy atom. The normalized spacial score (nSPS) is 10.6. The van der Waals surface area contributed by atoms with Gasteiger partial charge in [-0.25, -0.2) is 4.39 Å². The van der Waals surface area contributed by atoms with Gasteiger partial charge >= 0.3 is 0 Å². The average molecular weight is 541 g/mol. The van der Waals surface area contributed by atoms with Crippen LogP contribution in [-0.2, 0) is 6.54 Å². The number of carbonyl (C=O) groups is 1. The van der Waals surface area contributed by atoms with Crippen LogP contribution >= 0.6 is 11.6 Å². The van der Waals surface area contributed by atoms with Crippen molar-refractivity contribution in [3.05, 3.63) is 142 Å². The van der Waals surface area contributed by atoms with Crippen molar-refractivity contribution in [3.63, 3.8) is 0 Å². The van der Waals surface area contributed by atoms with Crippen LogP contribution in [-0.4, -0.2) is 15.7 Å². The molecule has 194 valence electrons. The number of ether oxygens (including phenoxy) is 1. The van der Waals surface area contributed by atoms with E-state index in [1.165, 1.54) is 23.0 Å². The van der Waals surface area contributed by atoms with Crippen LogP contribution in [0.2, 0.25) is 5.02 Å². The van der Waals surface area contributed by atoms with E-state index in [0.717, 1.165) is 5.56 Å². The zero-order chi connectivity index (χ0) is 27.2. The van der Waals surface area contributed by atoms with E-state index in [-0.39, 0.29) is 29.7 Å². The molecule has 5 rings (SSSR count). The molecule has 1 amide bonds. The first-order chi connectivity index (χ1) is 19.0. The van der Waals surface area contributed by atoms with Crippen LogP contribution in [0.3, 0.4) is 0 Å². The number of nitrogens with zero attached hydrogens (tertiary/aromatic N) is 2.